The van der Waals surface area contributed by atoms with Crippen LogP contribution >= 0.6 is 0 Å². The van der Waals surface area contributed by atoms with Gasteiger partial charge in [-0.2, -0.15) is 0 Å². The molecule has 1 fully saturated rings. The highest BCUT2D eigenvalue weighted by Gasteiger charge is 2.23. The number of nitrogens with one attached hydrogen (secondary N) is 1. The second-order valence-corrected chi connectivity index (χ2v) is 6.43. The Morgan fingerprint density at radius 2 is 2.04 bits per heavy atom. The van der Waals surface area contributed by atoms with Crippen LogP contribution in [0.1, 0.15) is 39.3 Å². The summed E-state index contributed by atoms with van der Waals surface area (Å²) in [6.45, 7) is 4.01. The maximum absolute atomic E-state index is 12.7. The molecule has 25 heavy (non-hydrogen) atoms. The Morgan fingerprint density at radius 1 is 1.28 bits per heavy atom. The fourth-order valence-corrected chi connectivity index (χ4v) is 3.04. The van der Waals surface area contributed by atoms with E-state index in [0.717, 1.165) is 31.5 Å². The molecule has 0 aliphatic carbocycles. The van der Waals surface area contributed by atoms with E-state index < -0.39 is 0 Å². The fourth-order valence-electron chi connectivity index (χ4n) is 3.04. The van der Waals surface area contributed by atoms with E-state index in [9.17, 15) is 9.59 Å². The van der Waals surface area contributed by atoms with Gasteiger partial charge < -0.3 is 20.4 Å². The van der Waals surface area contributed by atoms with Gasteiger partial charge in [0.25, 0.3) is 11.8 Å². The first kappa shape index (κ1) is 17.2. The van der Waals surface area contributed by atoms with Crippen molar-refractivity contribution in [2.24, 2.45) is 11.7 Å². The Hall–Kier alpha value is -2.60. The van der Waals surface area contributed by atoms with E-state index in [1.54, 1.807) is 24.3 Å². The first-order valence-corrected chi connectivity index (χ1v) is 8.53. The van der Waals surface area contributed by atoms with E-state index in [1.165, 1.54) is 6.26 Å². The lowest BCUT2D eigenvalue weighted by molar-refractivity contribution is 0.0693. The number of piperidine rings is 1. The van der Waals surface area contributed by atoms with Gasteiger partial charge in [-0.1, -0.05) is 6.07 Å². The number of nitrogens with zero attached hydrogens (tertiary/aromatic N) is 1. The van der Waals surface area contributed by atoms with Crippen LogP contribution in [-0.2, 0) is 0 Å². The van der Waals surface area contributed by atoms with Crippen LogP contribution in [0.4, 0.5) is 5.69 Å². The molecule has 132 valence electrons. The van der Waals surface area contributed by atoms with Gasteiger partial charge in [0.2, 0.25) is 0 Å². The van der Waals surface area contributed by atoms with Crippen molar-refractivity contribution >= 4 is 17.5 Å². The minimum absolute atomic E-state index is 0.0102. The van der Waals surface area contributed by atoms with E-state index in [-0.39, 0.29) is 17.6 Å². The van der Waals surface area contributed by atoms with Gasteiger partial charge in [-0.3, -0.25) is 9.59 Å². The molecule has 2 heterocycles. The quantitative estimate of drug-likeness (QED) is 0.895. The number of nitrogens with two attached hydrogens (primary N) is 1. The average Bonchev–Trinajstić information content (AvgIpc) is 3.18. The van der Waals surface area contributed by atoms with Crippen LogP contribution in [0.3, 0.4) is 0 Å². The molecular weight excluding hydrogens is 318 g/mol. The molecule has 0 spiro atoms. The van der Waals surface area contributed by atoms with Crippen molar-refractivity contribution in [2.45, 2.75) is 19.8 Å². The molecule has 6 heteroatoms. The van der Waals surface area contributed by atoms with Crippen molar-refractivity contribution in [3.63, 3.8) is 0 Å². The predicted octanol–water partition coefficient (Wildman–Crippen LogP) is 2.65. The van der Waals surface area contributed by atoms with Gasteiger partial charge in [0.05, 0.1) is 6.26 Å². The third kappa shape index (κ3) is 3.91. The smallest absolute Gasteiger partial charge is 0.291 e. The third-order valence-corrected chi connectivity index (χ3v) is 4.71. The highest BCUT2D eigenvalue weighted by Crippen LogP contribution is 2.22. The summed E-state index contributed by atoms with van der Waals surface area (Å²) in [5, 5.41) is 2.81. The lowest BCUT2D eigenvalue weighted by Crippen LogP contribution is -2.40. The van der Waals surface area contributed by atoms with E-state index in [0.29, 0.717) is 23.7 Å². The Balaban J connectivity index is 1.72. The second-order valence-electron chi connectivity index (χ2n) is 6.43. The minimum Gasteiger partial charge on any atom is -0.459 e. The van der Waals surface area contributed by atoms with Crippen LogP contribution in [-0.4, -0.2) is 36.3 Å². The number of anilines is 1. The molecule has 3 N–H and O–H groups in total. The minimum atomic E-state index is -0.332. The van der Waals surface area contributed by atoms with Crippen LogP contribution in [0.5, 0.6) is 0 Å². The molecule has 1 aromatic heterocycles. The first-order chi connectivity index (χ1) is 12.1. The zero-order valence-electron chi connectivity index (χ0n) is 14.3. The van der Waals surface area contributed by atoms with Gasteiger partial charge in [-0.15, -0.1) is 0 Å². The SMILES string of the molecule is Cc1ccc(C(=O)N2CCC(CN)CC2)cc1NC(=O)c1ccco1. The number of furan rings is 1. The summed E-state index contributed by atoms with van der Waals surface area (Å²) in [5.41, 5.74) is 7.79. The second kappa shape index (κ2) is 7.53. The Morgan fingerprint density at radius 3 is 2.68 bits per heavy atom. The van der Waals surface area contributed by atoms with E-state index >= 15 is 0 Å². The molecule has 0 radical (unpaired) electrons. The van der Waals surface area contributed by atoms with Crippen molar-refractivity contribution in [1.82, 2.24) is 4.90 Å². The van der Waals surface area contributed by atoms with Crippen molar-refractivity contribution in [1.29, 1.82) is 0 Å². The topological polar surface area (TPSA) is 88.6 Å². The highest BCUT2D eigenvalue weighted by atomic mass is 16.3. The Labute approximate surface area is 147 Å². The molecule has 1 aromatic carbocycles. The summed E-state index contributed by atoms with van der Waals surface area (Å²) in [6, 6.07) is 8.63. The predicted molar refractivity (Wildman–Crippen MR) is 95.5 cm³/mol. The Bertz CT molecular complexity index is 747. The summed E-state index contributed by atoms with van der Waals surface area (Å²) in [6.07, 6.45) is 3.33. The number of carbonyl (C=O) groups is 2. The summed E-state index contributed by atoms with van der Waals surface area (Å²) >= 11 is 0. The number of benzene rings is 1. The number of carbonyl (C=O) groups excluding carboxylic acids is 2. The molecule has 1 saturated heterocycles. The van der Waals surface area contributed by atoms with Crippen molar-refractivity contribution in [2.75, 3.05) is 25.0 Å². The van der Waals surface area contributed by atoms with Crippen LogP contribution < -0.4 is 11.1 Å². The molecule has 1 aliphatic heterocycles. The molecule has 0 atom stereocenters. The monoisotopic (exact) mass is 341 g/mol. The lowest BCUT2D eigenvalue weighted by Gasteiger charge is -2.31. The van der Waals surface area contributed by atoms with E-state index in [2.05, 4.69) is 5.32 Å². The standard InChI is InChI=1S/C19H23N3O3/c1-13-4-5-15(19(24)22-8-6-14(12-20)7-9-22)11-16(13)21-18(23)17-3-2-10-25-17/h2-5,10-11,14H,6-9,12,20H2,1H3,(H,21,23). The van der Waals surface area contributed by atoms with Crippen molar-refractivity contribution in [3.8, 4) is 0 Å². The van der Waals surface area contributed by atoms with Crippen LogP contribution in [0, 0.1) is 12.8 Å². The maximum Gasteiger partial charge on any atom is 0.291 e. The van der Waals surface area contributed by atoms with Gasteiger partial charge in [0, 0.05) is 24.3 Å². The molecule has 0 bridgehead atoms. The summed E-state index contributed by atoms with van der Waals surface area (Å²) in [4.78, 5) is 26.8. The van der Waals surface area contributed by atoms with Gasteiger partial charge in [-0.05, 0) is 62.1 Å². The third-order valence-electron chi connectivity index (χ3n) is 4.71. The van der Waals surface area contributed by atoms with E-state index in [4.69, 9.17) is 10.2 Å². The number of hydrogen-bond acceptors (Lipinski definition) is 4. The average molecular weight is 341 g/mol. The van der Waals surface area contributed by atoms with Crippen LogP contribution in [0.2, 0.25) is 0 Å². The lowest BCUT2D eigenvalue weighted by atomic mass is 9.96. The normalized spacial score (nSPS) is 15.2. The fraction of sp³-hybridized carbons (Fsp3) is 0.368. The van der Waals surface area contributed by atoms with Gasteiger partial charge >= 0.3 is 0 Å². The number of amides is 2. The van der Waals surface area contributed by atoms with Crippen molar-refractivity contribution in [3.05, 3.63) is 53.5 Å². The molecule has 6 nitrogen and oxygen atoms in total. The maximum atomic E-state index is 12.7. The number of likely N-dealkylation sites (tertiary alicyclic amines) is 1. The zero-order valence-corrected chi connectivity index (χ0v) is 14.3. The van der Waals surface area contributed by atoms with Crippen molar-refractivity contribution < 1.29 is 14.0 Å². The molecule has 1 aliphatic rings. The van der Waals surface area contributed by atoms with Gasteiger partial charge in [-0.25, -0.2) is 0 Å². The number of aryl methyl sites for hydroxylation is 1. The molecular formula is C19H23N3O3. The molecule has 0 saturated carbocycles. The summed E-state index contributed by atoms with van der Waals surface area (Å²) in [5.74, 6) is 0.399. The number of rotatable bonds is 4. The summed E-state index contributed by atoms with van der Waals surface area (Å²) in [7, 11) is 0. The number of hydrogen-bond donors (Lipinski definition) is 2. The first-order valence-electron chi connectivity index (χ1n) is 8.53. The zero-order chi connectivity index (χ0) is 17.8. The molecule has 0 unspecified atom stereocenters. The molecule has 2 aromatic rings. The summed E-state index contributed by atoms with van der Waals surface area (Å²) < 4.78 is 5.10. The van der Waals surface area contributed by atoms with E-state index in [1.807, 2.05) is 17.9 Å². The highest BCUT2D eigenvalue weighted by molar-refractivity contribution is 6.03. The van der Waals surface area contributed by atoms with Crippen LogP contribution in [0.15, 0.2) is 41.0 Å². The Kier molecular flexibility index (Phi) is 5.19. The molecule has 2 amide bonds. The van der Waals surface area contributed by atoms with Crippen LogP contribution in [0.25, 0.3) is 0 Å². The van der Waals surface area contributed by atoms with Gasteiger partial charge in [0.15, 0.2) is 5.76 Å². The van der Waals surface area contributed by atoms with Gasteiger partial charge in [0.1, 0.15) is 0 Å². The molecule has 3 rings (SSSR count). The largest absolute Gasteiger partial charge is 0.459 e.